The number of anilines is 2. The minimum Gasteiger partial charge on any atom is -0.382 e. The number of hydrogen-bond donors (Lipinski definition) is 2. The number of hydrogen-bond acceptors (Lipinski definition) is 5. The number of carbonyl (C=O) groups is 1. The van der Waals surface area contributed by atoms with Gasteiger partial charge in [0.2, 0.25) is 5.91 Å². The van der Waals surface area contributed by atoms with E-state index in [1.54, 1.807) is 0 Å². The third-order valence-electron chi connectivity index (χ3n) is 3.67. The molecule has 1 amide bonds. The van der Waals surface area contributed by atoms with Crippen molar-refractivity contribution < 1.29 is 4.79 Å². The van der Waals surface area contributed by atoms with Gasteiger partial charge >= 0.3 is 0 Å². The molecule has 7 heteroatoms. The van der Waals surface area contributed by atoms with Crippen LogP contribution in [0.1, 0.15) is 12.8 Å². The van der Waals surface area contributed by atoms with E-state index in [0.29, 0.717) is 17.4 Å². The molecule has 1 aromatic heterocycles. The predicted octanol–water partition coefficient (Wildman–Crippen LogP) is 0.427. The number of nitrogens with zero attached hydrogens (tertiary/aromatic N) is 3. The van der Waals surface area contributed by atoms with Crippen molar-refractivity contribution in [3.8, 4) is 0 Å². The molecule has 96 valence electrons. The maximum absolute atomic E-state index is 11.7. The summed E-state index contributed by atoms with van der Waals surface area (Å²) in [5, 5.41) is 3.27. The molecule has 18 heavy (non-hydrogen) atoms. The molecule has 0 saturated carbocycles. The molecule has 2 saturated heterocycles. The van der Waals surface area contributed by atoms with Crippen molar-refractivity contribution in [2.75, 3.05) is 23.7 Å². The Bertz CT molecular complexity index is 494. The van der Waals surface area contributed by atoms with E-state index in [-0.39, 0.29) is 23.7 Å². The van der Waals surface area contributed by atoms with Gasteiger partial charge in [-0.3, -0.25) is 4.79 Å². The van der Waals surface area contributed by atoms with Gasteiger partial charge in [-0.1, -0.05) is 11.6 Å². The van der Waals surface area contributed by atoms with Gasteiger partial charge in [0, 0.05) is 13.1 Å². The molecule has 0 spiro atoms. The highest BCUT2D eigenvalue weighted by atomic mass is 35.5. The minimum atomic E-state index is 0.0333. The molecule has 6 nitrogen and oxygen atoms in total. The van der Waals surface area contributed by atoms with Crippen molar-refractivity contribution in [3.05, 3.63) is 11.3 Å². The minimum absolute atomic E-state index is 0.0333. The molecule has 2 fully saturated rings. The third-order valence-corrected chi connectivity index (χ3v) is 4.03. The number of piperidine rings is 1. The first kappa shape index (κ1) is 11.5. The van der Waals surface area contributed by atoms with Gasteiger partial charge in [-0.15, -0.1) is 0 Å². The second kappa shape index (κ2) is 4.28. The fourth-order valence-electron chi connectivity index (χ4n) is 2.79. The van der Waals surface area contributed by atoms with Crippen LogP contribution in [-0.2, 0) is 4.79 Å². The number of rotatable bonds is 1. The van der Waals surface area contributed by atoms with E-state index in [1.807, 2.05) is 0 Å². The number of nitrogen functional groups attached to an aromatic ring is 1. The van der Waals surface area contributed by atoms with Crippen LogP contribution in [0.3, 0.4) is 0 Å². The summed E-state index contributed by atoms with van der Waals surface area (Å²) < 4.78 is 0. The van der Waals surface area contributed by atoms with Gasteiger partial charge in [-0.05, 0) is 12.8 Å². The summed E-state index contributed by atoms with van der Waals surface area (Å²) in [6.45, 7) is 1.48. The predicted molar refractivity (Wildman–Crippen MR) is 68.3 cm³/mol. The molecule has 0 bridgehead atoms. The maximum atomic E-state index is 11.7. The zero-order valence-corrected chi connectivity index (χ0v) is 10.5. The Morgan fingerprint density at radius 2 is 2.33 bits per heavy atom. The SMILES string of the molecule is Nc1ncnc(N2CCC[C@H]3C(=O)NC[C@H]32)c1Cl. The molecule has 3 rings (SSSR count). The Kier molecular flexibility index (Phi) is 2.74. The van der Waals surface area contributed by atoms with E-state index in [2.05, 4.69) is 20.2 Å². The fraction of sp³-hybridized carbons (Fsp3) is 0.545. The molecule has 1 aromatic rings. The third kappa shape index (κ3) is 1.68. The maximum Gasteiger partial charge on any atom is 0.225 e. The van der Waals surface area contributed by atoms with E-state index in [4.69, 9.17) is 17.3 Å². The number of amides is 1. The van der Waals surface area contributed by atoms with Crippen molar-refractivity contribution in [1.82, 2.24) is 15.3 Å². The fourth-order valence-corrected chi connectivity index (χ4v) is 2.99. The topological polar surface area (TPSA) is 84.1 Å². The van der Waals surface area contributed by atoms with E-state index in [1.165, 1.54) is 6.33 Å². The smallest absolute Gasteiger partial charge is 0.225 e. The molecule has 0 radical (unpaired) electrons. The molecule has 0 aromatic carbocycles. The van der Waals surface area contributed by atoms with Crippen LogP contribution in [0, 0.1) is 5.92 Å². The standard InChI is InChI=1S/C11H14ClN5O/c12-8-9(13)15-5-16-10(8)17-3-1-2-6-7(17)4-14-11(6)18/h5-7H,1-4H2,(H,14,18)(H2,13,15,16)/t6-,7-/m1/s1. The molecule has 2 aliphatic heterocycles. The van der Waals surface area contributed by atoms with Gasteiger partial charge in [-0.25, -0.2) is 9.97 Å². The lowest BCUT2D eigenvalue weighted by Gasteiger charge is -2.37. The summed E-state index contributed by atoms with van der Waals surface area (Å²) in [7, 11) is 0. The average molecular weight is 268 g/mol. The molecule has 0 unspecified atom stereocenters. The van der Waals surface area contributed by atoms with Crippen LogP contribution in [0.5, 0.6) is 0 Å². The number of fused-ring (bicyclic) bond motifs is 1. The van der Waals surface area contributed by atoms with Crippen LogP contribution in [-0.4, -0.2) is 35.0 Å². The van der Waals surface area contributed by atoms with Crippen molar-refractivity contribution in [3.63, 3.8) is 0 Å². The highest BCUT2D eigenvalue weighted by Crippen LogP contribution is 2.35. The summed E-state index contributed by atoms with van der Waals surface area (Å²) in [6.07, 6.45) is 3.28. The van der Waals surface area contributed by atoms with Crippen LogP contribution >= 0.6 is 11.6 Å². The van der Waals surface area contributed by atoms with Crippen LogP contribution in [0.15, 0.2) is 6.33 Å². The number of halogens is 1. The zero-order valence-electron chi connectivity index (χ0n) is 9.77. The highest BCUT2D eigenvalue weighted by molar-refractivity contribution is 6.35. The van der Waals surface area contributed by atoms with E-state index in [0.717, 1.165) is 19.4 Å². The first-order valence-corrected chi connectivity index (χ1v) is 6.36. The van der Waals surface area contributed by atoms with Gasteiger partial charge in [0.1, 0.15) is 17.2 Å². The quantitative estimate of drug-likeness (QED) is 0.771. The highest BCUT2D eigenvalue weighted by Gasteiger charge is 2.41. The van der Waals surface area contributed by atoms with Gasteiger partial charge in [-0.2, -0.15) is 0 Å². The molecule has 3 heterocycles. The summed E-state index contributed by atoms with van der Waals surface area (Å²) in [5.74, 6) is 1.07. The largest absolute Gasteiger partial charge is 0.382 e. The summed E-state index contributed by atoms with van der Waals surface area (Å²) in [4.78, 5) is 21.9. The Morgan fingerprint density at radius 3 is 3.17 bits per heavy atom. The molecule has 2 aliphatic rings. The van der Waals surface area contributed by atoms with Gasteiger partial charge in [0.05, 0.1) is 12.0 Å². The number of nitrogens with one attached hydrogen (secondary N) is 1. The van der Waals surface area contributed by atoms with Crippen LogP contribution in [0.25, 0.3) is 0 Å². The first-order valence-electron chi connectivity index (χ1n) is 5.99. The Balaban J connectivity index is 1.96. The zero-order chi connectivity index (χ0) is 12.7. The van der Waals surface area contributed by atoms with Crippen LogP contribution < -0.4 is 16.0 Å². The van der Waals surface area contributed by atoms with Crippen molar-refractivity contribution >= 4 is 29.1 Å². The first-order chi connectivity index (χ1) is 8.68. The van der Waals surface area contributed by atoms with Gasteiger partial charge < -0.3 is 16.0 Å². The number of aromatic nitrogens is 2. The second-order valence-electron chi connectivity index (χ2n) is 4.65. The van der Waals surface area contributed by atoms with Gasteiger partial charge in [0.15, 0.2) is 5.82 Å². The van der Waals surface area contributed by atoms with E-state index in [9.17, 15) is 4.79 Å². The summed E-state index contributed by atoms with van der Waals surface area (Å²) >= 11 is 6.16. The normalized spacial score (nSPS) is 26.9. The molecular formula is C11H14ClN5O. The monoisotopic (exact) mass is 267 g/mol. The van der Waals surface area contributed by atoms with Gasteiger partial charge in [0.25, 0.3) is 0 Å². The van der Waals surface area contributed by atoms with Crippen LogP contribution in [0.4, 0.5) is 11.6 Å². The average Bonchev–Trinajstić information content (AvgIpc) is 2.75. The lowest BCUT2D eigenvalue weighted by molar-refractivity contribution is -0.122. The van der Waals surface area contributed by atoms with E-state index >= 15 is 0 Å². The number of carbonyl (C=O) groups excluding carboxylic acids is 1. The number of nitrogens with two attached hydrogens (primary N) is 1. The van der Waals surface area contributed by atoms with Crippen LogP contribution in [0.2, 0.25) is 5.02 Å². The molecule has 0 aliphatic carbocycles. The van der Waals surface area contributed by atoms with E-state index < -0.39 is 0 Å². The lowest BCUT2D eigenvalue weighted by atomic mass is 9.91. The summed E-state index contributed by atoms with van der Waals surface area (Å²) in [6, 6.07) is 0.123. The molecule has 2 atom stereocenters. The Morgan fingerprint density at radius 1 is 1.50 bits per heavy atom. The lowest BCUT2D eigenvalue weighted by Crippen LogP contribution is -2.46. The Hall–Kier alpha value is -1.56. The molecule has 3 N–H and O–H groups in total. The van der Waals surface area contributed by atoms with Crippen molar-refractivity contribution in [2.45, 2.75) is 18.9 Å². The van der Waals surface area contributed by atoms with Crippen molar-refractivity contribution in [1.29, 1.82) is 0 Å². The second-order valence-corrected chi connectivity index (χ2v) is 5.03. The Labute approximate surface area is 110 Å². The van der Waals surface area contributed by atoms with Crippen molar-refractivity contribution in [2.24, 2.45) is 5.92 Å². The summed E-state index contributed by atoms with van der Waals surface area (Å²) in [5.41, 5.74) is 5.70. The molecular weight excluding hydrogens is 254 g/mol.